The van der Waals surface area contributed by atoms with E-state index in [0.717, 1.165) is 39.9 Å². The van der Waals surface area contributed by atoms with Gasteiger partial charge in [0.15, 0.2) is 5.65 Å². The second kappa shape index (κ2) is 9.48. The van der Waals surface area contributed by atoms with Gasteiger partial charge in [0.1, 0.15) is 13.7 Å². The number of aromatic nitrogens is 4. The van der Waals surface area contributed by atoms with Gasteiger partial charge in [-0.25, -0.2) is 13.4 Å². The summed E-state index contributed by atoms with van der Waals surface area (Å²) >= 11 is 3.55. The fourth-order valence-corrected chi connectivity index (χ4v) is 6.47. The van der Waals surface area contributed by atoms with Crippen LogP contribution < -0.4 is 10.8 Å². The zero-order valence-corrected chi connectivity index (χ0v) is 21.1. The van der Waals surface area contributed by atoms with Gasteiger partial charge in [-0.05, 0) is 46.5 Å². The number of piperidine rings is 1. The first kappa shape index (κ1) is 23.0. The summed E-state index contributed by atoms with van der Waals surface area (Å²) in [6, 6.07) is 13.0. The Morgan fingerprint density at radius 1 is 1.18 bits per heavy atom. The topological polar surface area (TPSA) is 92.5 Å². The first-order chi connectivity index (χ1) is 16.4. The van der Waals surface area contributed by atoms with Crippen LogP contribution in [0, 0.1) is 0 Å². The van der Waals surface area contributed by atoms with Crippen molar-refractivity contribution in [1.82, 2.24) is 23.9 Å². The van der Waals surface area contributed by atoms with Gasteiger partial charge in [-0.2, -0.15) is 13.9 Å². The minimum Gasteiger partial charge on any atom is -0.366 e. The average Bonchev–Trinajstić information content (AvgIpc) is 3.24. The Bertz CT molecular complexity index is 1430. The number of sulfonamides is 1. The van der Waals surface area contributed by atoms with Gasteiger partial charge in [-0.1, -0.05) is 29.7 Å². The molecule has 0 amide bonds. The number of hydrogen-bond acceptors (Lipinski definition) is 6. The van der Waals surface area contributed by atoms with Gasteiger partial charge in [0.2, 0.25) is 10.0 Å². The Morgan fingerprint density at radius 3 is 2.82 bits per heavy atom. The maximum Gasteiger partial charge on any atom is 0.242 e. The highest BCUT2D eigenvalue weighted by Gasteiger charge is 2.32. The zero-order valence-electron chi connectivity index (χ0n) is 18.7. The van der Waals surface area contributed by atoms with Gasteiger partial charge in [0.25, 0.3) is 0 Å². The van der Waals surface area contributed by atoms with Gasteiger partial charge >= 0.3 is 0 Å². The highest BCUT2D eigenvalue weighted by molar-refractivity contribution is 9.10. The second-order valence-electron chi connectivity index (χ2n) is 8.48. The van der Waals surface area contributed by atoms with Crippen LogP contribution in [0.1, 0.15) is 30.0 Å². The molecule has 1 saturated heterocycles. The Hall–Kier alpha value is -2.76. The summed E-state index contributed by atoms with van der Waals surface area (Å²) in [4.78, 5) is 9.40. The minimum atomic E-state index is -3.57. The van der Waals surface area contributed by atoms with Crippen molar-refractivity contribution in [3.8, 4) is 0 Å². The number of pyridine rings is 1. The molecule has 174 valence electrons. The van der Waals surface area contributed by atoms with E-state index in [4.69, 9.17) is 4.98 Å². The Labute approximate surface area is 208 Å². The molecule has 1 unspecified atom stereocenters. The van der Waals surface area contributed by atoms with Gasteiger partial charge < -0.3 is 5.32 Å². The van der Waals surface area contributed by atoms with E-state index in [0.29, 0.717) is 30.2 Å². The van der Waals surface area contributed by atoms with Crippen molar-refractivity contribution in [1.29, 1.82) is 0 Å². The van der Waals surface area contributed by atoms with Crippen LogP contribution in [0.5, 0.6) is 0 Å². The van der Waals surface area contributed by atoms with Crippen molar-refractivity contribution in [3.63, 3.8) is 0 Å². The summed E-state index contributed by atoms with van der Waals surface area (Å²) in [5, 5.41) is 7.88. The third-order valence-electron chi connectivity index (χ3n) is 6.16. The van der Waals surface area contributed by atoms with Crippen LogP contribution in [0.3, 0.4) is 0 Å². The molecule has 1 fully saturated rings. The van der Waals surface area contributed by atoms with E-state index >= 15 is 0 Å². The smallest absolute Gasteiger partial charge is 0.242 e. The Kier molecular flexibility index (Phi) is 6.41. The first-order valence-corrected chi connectivity index (χ1v) is 13.4. The molecule has 0 saturated carbocycles. The van der Waals surface area contributed by atoms with Crippen LogP contribution in [0.15, 0.2) is 70.4 Å². The number of benzene rings is 1. The fourth-order valence-electron chi connectivity index (χ4n) is 4.37. The van der Waals surface area contributed by atoms with Gasteiger partial charge in [-0.3, -0.25) is 4.98 Å². The monoisotopic (exact) mass is 538 g/mol. The van der Waals surface area contributed by atoms with Crippen LogP contribution in [0.2, 0.25) is 0 Å². The Balaban J connectivity index is 1.45. The summed E-state index contributed by atoms with van der Waals surface area (Å²) in [5.74, 6) is 0.784. The second-order valence-corrected chi connectivity index (χ2v) is 11.2. The predicted molar refractivity (Wildman–Crippen MR) is 138 cm³/mol. The third kappa shape index (κ3) is 4.47. The molecule has 5 rings (SSSR count). The minimum absolute atomic E-state index is 0.0155. The molecule has 4 aromatic rings. The van der Waals surface area contributed by atoms with Crippen LogP contribution in [-0.2, 0) is 16.6 Å². The van der Waals surface area contributed by atoms with Crippen molar-refractivity contribution >= 4 is 50.7 Å². The van der Waals surface area contributed by atoms with E-state index < -0.39 is 10.0 Å². The highest BCUT2D eigenvalue weighted by Crippen LogP contribution is 2.32. The van der Waals surface area contributed by atoms with Crippen molar-refractivity contribution in [2.45, 2.75) is 30.2 Å². The highest BCUT2D eigenvalue weighted by atomic mass is 79.9. The van der Waals surface area contributed by atoms with E-state index in [9.17, 15) is 8.42 Å². The van der Waals surface area contributed by atoms with E-state index in [1.54, 1.807) is 33.3 Å². The SMILES string of the molecule is Bc1ccccc1S(=O)(=O)N1CCCC(c2cc(NCc3cccnc3)n3ncc(Br)c3n2)C1. The molecule has 0 spiro atoms. The van der Waals surface area contributed by atoms with Crippen molar-refractivity contribution < 1.29 is 8.42 Å². The quantitative estimate of drug-likeness (QED) is 0.379. The molecule has 1 aliphatic rings. The molecule has 1 atom stereocenters. The molecular weight excluding hydrogens is 515 g/mol. The molecule has 8 nitrogen and oxygen atoms in total. The van der Waals surface area contributed by atoms with Crippen molar-refractivity contribution in [3.05, 3.63) is 76.8 Å². The molecule has 1 N–H and O–H groups in total. The molecule has 34 heavy (non-hydrogen) atoms. The lowest BCUT2D eigenvalue weighted by Crippen LogP contribution is -2.40. The number of halogens is 1. The number of rotatable bonds is 6. The lowest BCUT2D eigenvalue weighted by Gasteiger charge is -2.32. The van der Waals surface area contributed by atoms with E-state index in [1.165, 1.54) is 0 Å². The van der Waals surface area contributed by atoms with E-state index in [1.807, 2.05) is 44.4 Å². The molecule has 3 aromatic heterocycles. The van der Waals surface area contributed by atoms with Crippen LogP contribution in [0.4, 0.5) is 5.82 Å². The van der Waals surface area contributed by atoms with Crippen LogP contribution in [0.25, 0.3) is 5.65 Å². The molecule has 0 radical (unpaired) electrons. The first-order valence-electron chi connectivity index (χ1n) is 11.2. The summed E-state index contributed by atoms with van der Waals surface area (Å²) in [5.41, 5.74) is 3.36. The summed E-state index contributed by atoms with van der Waals surface area (Å²) < 4.78 is 31.0. The van der Waals surface area contributed by atoms with Gasteiger partial charge in [-0.15, -0.1) is 0 Å². The molecule has 0 aliphatic carbocycles. The van der Waals surface area contributed by atoms with Gasteiger partial charge in [0, 0.05) is 44.0 Å². The van der Waals surface area contributed by atoms with Crippen LogP contribution in [-0.4, -0.2) is 53.2 Å². The van der Waals surface area contributed by atoms with E-state index in [2.05, 4.69) is 31.3 Å². The summed E-state index contributed by atoms with van der Waals surface area (Å²) in [7, 11) is -1.74. The van der Waals surface area contributed by atoms with Gasteiger partial charge in [0.05, 0.1) is 21.3 Å². The third-order valence-corrected chi connectivity index (χ3v) is 8.74. The maximum absolute atomic E-state index is 13.4. The van der Waals surface area contributed by atoms with E-state index in [-0.39, 0.29) is 5.92 Å². The number of nitrogens with zero attached hydrogens (tertiary/aromatic N) is 5. The molecular formula is C23H24BBrN6O2S. The lowest BCUT2D eigenvalue weighted by atomic mass is 9.96. The summed E-state index contributed by atoms with van der Waals surface area (Å²) in [6.07, 6.45) is 6.94. The molecule has 1 aromatic carbocycles. The number of fused-ring (bicyclic) bond motifs is 1. The average molecular weight is 539 g/mol. The molecule has 1 aliphatic heterocycles. The maximum atomic E-state index is 13.4. The standard InChI is InChI=1S/C23H24BBrN6O2S/c24-18-7-1-2-8-21(18)34(32,33)30-10-4-6-17(15-30)20-11-22(27-13-16-5-3-9-26-12-16)31-23(29-20)19(25)14-28-31/h1-3,5,7-9,11-12,14,17,27H,4,6,10,13,15,24H2. The number of anilines is 1. The molecule has 4 heterocycles. The van der Waals surface area contributed by atoms with Crippen molar-refractivity contribution in [2.75, 3.05) is 18.4 Å². The molecule has 11 heteroatoms. The lowest BCUT2D eigenvalue weighted by molar-refractivity contribution is 0.313. The number of nitrogens with one attached hydrogen (secondary N) is 1. The summed E-state index contributed by atoms with van der Waals surface area (Å²) in [6.45, 7) is 1.49. The predicted octanol–water partition coefficient (Wildman–Crippen LogP) is 2.33. The normalized spacial score (nSPS) is 17.1. The Morgan fingerprint density at radius 2 is 2.03 bits per heavy atom. The fraction of sp³-hybridized carbons (Fsp3) is 0.261. The van der Waals surface area contributed by atoms with Crippen LogP contribution >= 0.6 is 15.9 Å². The molecule has 0 bridgehead atoms. The number of hydrogen-bond donors (Lipinski definition) is 1. The zero-order chi connectivity index (χ0) is 23.7. The largest absolute Gasteiger partial charge is 0.366 e. The van der Waals surface area contributed by atoms with Crippen molar-refractivity contribution in [2.24, 2.45) is 0 Å².